The van der Waals surface area contributed by atoms with Gasteiger partial charge in [-0.3, -0.25) is 10.00 Å². The first-order valence-electron chi connectivity index (χ1n) is 8.14. The average molecular weight is 361 g/mol. The largest absolute Gasteiger partial charge is 0.395 e. The second-order valence-electron chi connectivity index (χ2n) is 6.31. The van der Waals surface area contributed by atoms with Crippen molar-refractivity contribution in [2.75, 3.05) is 6.61 Å². The van der Waals surface area contributed by atoms with Gasteiger partial charge in [0, 0.05) is 18.8 Å². The van der Waals surface area contributed by atoms with Crippen LogP contribution in [0.5, 0.6) is 0 Å². The summed E-state index contributed by atoms with van der Waals surface area (Å²) in [5, 5.41) is 42.7. The maximum atomic E-state index is 10.3. The molecule has 140 valence electrons. The fraction of sp³-hybridized carbons (Fsp3) is 0.438. The molecule has 0 unspecified atom stereocenters. The van der Waals surface area contributed by atoms with Gasteiger partial charge in [0.25, 0.3) is 0 Å². The van der Waals surface area contributed by atoms with Crippen LogP contribution in [0.2, 0.25) is 0 Å². The Balaban J connectivity index is 1.96. The third-order valence-corrected chi connectivity index (χ3v) is 4.60. The Hall–Kier alpha value is -2.53. The predicted molar refractivity (Wildman–Crippen MR) is 96.7 cm³/mol. The number of aliphatic hydroxyl groups excluding tert-OH is 3. The molecule has 10 nitrogen and oxygen atoms in total. The van der Waals surface area contributed by atoms with Crippen molar-refractivity contribution < 1.29 is 15.3 Å². The number of aliphatic imine (C=N–C) groups is 1. The molecule has 1 saturated heterocycles. The number of aromatic nitrogens is 2. The molecule has 0 bridgehead atoms. The Bertz CT molecular complexity index is 798. The summed E-state index contributed by atoms with van der Waals surface area (Å²) in [7, 11) is 1.81. The van der Waals surface area contributed by atoms with E-state index in [9.17, 15) is 15.3 Å². The minimum absolute atomic E-state index is 0.232. The molecule has 0 aromatic carbocycles. The van der Waals surface area contributed by atoms with Crippen LogP contribution in [0.1, 0.15) is 12.6 Å². The van der Waals surface area contributed by atoms with Gasteiger partial charge in [0.2, 0.25) is 0 Å². The van der Waals surface area contributed by atoms with Crippen molar-refractivity contribution in [2.45, 2.75) is 31.2 Å². The van der Waals surface area contributed by atoms with E-state index < -0.39 is 24.3 Å². The highest BCUT2D eigenvalue weighted by molar-refractivity contribution is 6.07. The highest BCUT2D eigenvalue weighted by Gasteiger charge is 2.44. The second-order valence-corrected chi connectivity index (χ2v) is 6.31. The zero-order chi connectivity index (χ0) is 19.0. The van der Waals surface area contributed by atoms with Crippen molar-refractivity contribution in [2.24, 2.45) is 22.9 Å². The molecule has 1 aromatic rings. The number of aryl methyl sites for hydroxylation is 1. The molecule has 0 amide bonds. The number of allylic oxidation sites excluding steroid dienone is 1. The molecule has 2 aliphatic rings. The molecule has 6 N–H and O–H groups in total. The maximum absolute atomic E-state index is 10.3. The Labute approximate surface area is 150 Å². The van der Waals surface area contributed by atoms with Crippen LogP contribution in [0.25, 0.3) is 5.57 Å². The summed E-state index contributed by atoms with van der Waals surface area (Å²) in [6, 6.07) is 0.468. The minimum Gasteiger partial charge on any atom is -0.395 e. The molecule has 0 spiro atoms. The van der Waals surface area contributed by atoms with Crippen molar-refractivity contribution in [3.8, 4) is 0 Å². The van der Waals surface area contributed by atoms with E-state index >= 15 is 0 Å². The Morgan fingerprint density at radius 1 is 1.38 bits per heavy atom. The van der Waals surface area contributed by atoms with Crippen LogP contribution in [-0.2, 0) is 7.05 Å². The fourth-order valence-electron chi connectivity index (χ4n) is 3.12. The molecule has 3 rings (SSSR count). The summed E-state index contributed by atoms with van der Waals surface area (Å²) in [5.74, 6) is 0.232. The van der Waals surface area contributed by atoms with Gasteiger partial charge in [-0.1, -0.05) is 6.58 Å². The SMILES string of the molecule is C=C([C@@H]1N[C@H](CO)[C@@H](O)[C@H]1O)N1N=CN=C(N)/C1=C(/C)c1ccn(C)n1. The third kappa shape index (κ3) is 3.03. The van der Waals surface area contributed by atoms with Gasteiger partial charge in [-0.2, -0.15) is 10.2 Å². The van der Waals surface area contributed by atoms with Crippen LogP contribution in [0.4, 0.5) is 0 Å². The summed E-state index contributed by atoms with van der Waals surface area (Å²) < 4.78 is 1.67. The van der Waals surface area contributed by atoms with E-state index in [1.165, 1.54) is 11.3 Å². The number of hydrogen-bond acceptors (Lipinski definition) is 9. The minimum atomic E-state index is -1.15. The summed E-state index contributed by atoms with van der Waals surface area (Å²) in [6.07, 6.45) is 0.830. The number of hydrazone groups is 1. The fourth-order valence-corrected chi connectivity index (χ4v) is 3.12. The molecule has 3 heterocycles. The molecular formula is C16H23N7O3. The molecule has 2 aliphatic heterocycles. The lowest BCUT2D eigenvalue weighted by atomic mass is 10.0. The van der Waals surface area contributed by atoms with Crippen LogP contribution in [0.3, 0.4) is 0 Å². The van der Waals surface area contributed by atoms with E-state index in [1.807, 2.05) is 26.2 Å². The lowest BCUT2D eigenvalue weighted by Gasteiger charge is -2.31. The van der Waals surface area contributed by atoms with Crippen molar-refractivity contribution in [3.05, 3.63) is 35.9 Å². The van der Waals surface area contributed by atoms with Gasteiger partial charge < -0.3 is 21.1 Å². The van der Waals surface area contributed by atoms with Crippen molar-refractivity contribution in [1.29, 1.82) is 0 Å². The van der Waals surface area contributed by atoms with Crippen LogP contribution in [0.15, 0.2) is 40.3 Å². The average Bonchev–Trinajstić information content (AvgIpc) is 3.18. The normalized spacial score (nSPS) is 30.5. The number of nitrogens with two attached hydrogens (primary N) is 1. The van der Waals surface area contributed by atoms with E-state index in [4.69, 9.17) is 5.73 Å². The molecule has 10 heteroatoms. The Morgan fingerprint density at radius 3 is 2.69 bits per heavy atom. The standard InChI is InChI=1S/C16H23N7O3/c1-8(10-4-5-22(3)21-10)13-16(17)18-7-19-23(13)9(2)12-15(26)14(25)11(6-24)20-12/h4-5,7,11-12,14-15,20,24-26H,2,6H2,1,3H3,(H2,17,18,19)/b13-8+/t11-,12+,14-,15+/m1/s1. The van der Waals surface area contributed by atoms with Gasteiger partial charge >= 0.3 is 0 Å². The van der Waals surface area contributed by atoms with Gasteiger partial charge in [0.15, 0.2) is 5.84 Å². The lowest BCUT2D eigenvalue weighted by molar-refractivity contribution is 0.0211. The first kappa shape index (κ1) is 18.3. The second kappa shape index (κ2) is 7.00. The van der Waals surface area contributed by atoms with Gasteiger partial charge in [0.05, 0.1) is 36.2 Å². The van der Waals surface area contributed by atoms with Gasteiger partial charge in [-0.25, -0.2) is 10.0 Å². The molecule has 0 radical (unpaired) electrons. The van der Waals surface area contributed by atoms with Gasteiger partial charge in [-0.15, -0.1) is 0 Å². The molecule has 1 fully saturated rings. The quantitative estimate of drug-likeness (QED) is 0.431. The van der Waals surface area contributed by atoms with Crippen LogP contribution < -0.4 is 11.1 Å². The van der Waals surface area contributed by atoms with Crippen LogP contribution in [0, 0.1) is 0 Å². The number of nitrogens with zero attached hydrogens (tertiary/aromatic N) is 5. The molecule has 1 aromatic heterocycles. The smallest absolute Gasteiger partial charge is 0.151 e. The zero-order valence-electron chi connectivity index (χ0n) is 14.6. The van der Waals surface area contributed by atoms with E-state index in [0.29, 0.717) is 17.1 Å². The Kier molecular flexibility index (Phi) is 4.92. The third-order valence-electron chi connectivity index (χ3n) is 4.60. The number of aliphatic hydroxyl groups is 3. The van der Waals surface area contributed by atoms with Gasteiger partial charge in [0.1, 0.15) is 18.1 Å². The first-order valence-corrected chi connectivity index (χ1v) is 8.14. The Morgan fingerprint density at radius 2 is 2.12 bits per heavy atom. The number of hydrogen-bond donors (Lipinski definition) is 5. The van der Waals surface area contributed by atoms with Gasteiger partial charge in [-0.05, 0) is 13.0 Å². The molecule has 0 saturated carbocycles. The lowest BCUT2D eigenvalue weighted by Crippen LogP contribution is -2.43. The van der Waals surface area contributed by atoms with Crippen molar-refractivity contribution in [1.82, 2.24) is 20.1 Å². The van der Waals surface area contributed by atoms with Crippen molar-refractivity contribution >= 4 is 17.7 Å². The maximum Gasteiger partial charge on any atom is 0.151 e. The topological polar surface area (TPSA) is 145 Å². The van der Waals surface area contributed by atoms with E-state index in [0.717, 1.165) is 5.57 Å². The molecule has 26 heavy (non-hydrogen) atoms. The number of nitrogens with one attached hydrogen (secondary N) is 1. The monoisotopic (exact) mass is 361 g/mol. The summed E-state index contributed by atoms with van der Waals surface area (Å²) in [6.45, 7) is 5.53. The highest BCUT2D eigenvalue weighted by Crippen LogP contribution is 2.29. The number of rotatable bonds is 4. The van der Waals surface area contributed by atoms with E-state index in [1.54, 1.807) is 4.68 Å². The zero-order valence-corrected chi connectivity index (χ0v) is 14.6. The first-order chi connectivity index (χ1) is 12.3. The highest BCUT2D eigenvalue weighted by atomic mass is 16.3. The van der Waals surface area contributed by atoms with Crippen molar-refractivity contribution in [3.63, 3.8) is 0 Å². The van der Waals surface area contributed by atoms with Crippen LogP contribution >= 0.6 is 0 Å². The van der Waals surface area contributed by atoms with Crippen LogP contribution in [-0.4, -0.2) is 73.2 Å². The number of amidine groups is 1. The van der Waals surface area contributed by atoms with E-state index in [-0.39, 0.29) is 12.4 Å². The van der Waals surface area contributed by atoms with E-state index in [2.05, 4.69) is 27.1 Å². The summed E-state index contributed by atoms with van der Waals surface area (Å²) >= 11 is 0. The summed E-state index contributed by atoms with van der Waals surface area (Å²) in [5.41, 5.74) is 8.37. The molecular weight excluding hydrogens is 338 g/mol. The summed E-state index contributed by atoms with van der Waals surface area (Å²) in [4.78, 5) is 4.04. The predicted octanol–water partition coefficient (Wildman–Crippen LogP) is -1.66. The molecule has 0 aliphatic carbocycles. The molecule has 4 atom stereocenters.